The number of aryl methyl sites for hydroxylation is 1. The monoisotopic (exact) mass is 509 g/mol. The van der Waals surface area contributed by atoms with E-state index in [1.54, 1.807) is 4.90 Å². The lowest BCUT2D eigenvalue weighted by Gasteiger charge is -2.29. The van der Waals surface area contributed by atoms with E-state index in [0.717, 1.165) is 51.7 Å². The van der Waals surface area contributed by atoms with Crippen LogP contribution in [-0.2, 0) is 22.6 Å². The summed E-state index contributed by atoms with van der Waals surface area (Å²) in [4.78, 5) is 46.3. The summed E-state index contributed by atoms with van der Waals surface area (Å²) >= 11 is 3.53. The van der Waals surface area contributed by atoms with E-state index < -0.39 is 11.9 Å². The summed E-state index contributed by atoms with van der Waals surface area (Å²) < 4.78 is 0.955. The molecule has 3 aromatic rings. The van der Waals surface area contributed by atoms with Crippen LogP contribution in [0.25, 0.3) is 11.0 Å². The molecule has 170 valence electrons. The van der Waals surface area contributed by atoms with Crippen molar-refractivity contribution in [1.29, 1.82) is 0 Å². The van der Waals surface area contributed by atoms with Crippen molar-refractivity contribution in [1.82, 2.24) is 20.2 Å². The molecule has 2 aromatic carbocycles. The van der Waals surface area contributed by atoms with Crippen LogP contribution in [0.3, 0.4) is 0 Å². The largest absolute Gasteiger partial charge is 0.340 e. The zero-order valence-electron chi connectivity index (χ0n) is 17.9. The van der Waals surface area contributed by atoms with E-state index in [-0.39, 0.29) is 24.3 Å². The minimum atomic E-state index is -0.601. The number of aromatic amines is 1. The van der Waals surface area contributed by atoms with Gasteiger partial charge in [-0.2, -0.15) is 0 Å². The Morgan fingerprint density at radius 3 is 2.79 bits per heavy atom. The van der Waals surface area contributed by atoms with Gasteiger partial charge in [0, 0.05) is 23.0 Å². The number of nitrogens with one attached hydrogen (secondary N) is 2. The Morgan fingerprint density at radius 2 is 2.00 bits per heavy atom. The number of piperidine rings is 1. The van der Waals surface area contributed by atoms with Crippen LogP contribution < -0.4 is 11.1 Å². The first-order valence-corrected chi connectivity index (χ1v) is 11.9. The lowest BCUT2D eigenvalue weighted by Crippen LogP contribution is -2.52. The van der Waals surface area contributed by atoms with Gasteiger partial charge in [0.05, 0.1) is 17.1 Å². The summed E-state index contributed by atoms with van der Waals surface area (Å²) in [5, 5.41) is 2.35. The quantitative estimate of drug-likeness (QED) is 0.440. The lowest BCUT2D eigenvalue weighted by atomic mass is 9.97. The highest BCUT2D eigenvalue weighted by molar-refractivity contribution is 9.10. The molecular formula is C24H24BrN5O3. The van der Waals surface area contributed by atoms with Crippen LogP contribution in [0.1, 0.15) is 59.0 Å². The molecule has 1 saturated heterocycles. The Kier molecular flexibility index (Phi) is 5.76. The topological polar surface area (TPSA) is 121 Å². The van der Waals surface area contributed by atoms with Gasteiger partial charge < -0.3 is 15.6 Å². The van der Waals surface area contributed by atoms with Gasteiger partial charge in [-0.1, -0.05) is 18.2 Å². The van der Waals surface area contributed by atoms with Crippen molar-refractivity contribution in [3.63, 3.8) is 0 Å². The molecule has 3 heterocycles. The molecule has 33 heavy (non-hydrogen) atoms. The molecule has 0 spiro atoms. The third-order valence-electron chi connectivity index (χ3n) is 6.48. The van der Waals surface area contributed by atoms with Gasteiger partial charge in [-0.25, -0.2) is 4.98 Å². The minimum absolute atomic E-state index is 0.147. The fourth-order valence-corrected chi connectivity index (χ4v) is 5.18. The van der Waals surface area contributed by atoms with Crippen LogP contribution in [0.2, 0.25) is 0 Å². The number of benzene rings is 2. The normalized spacial score (nSPS) is 19.2. The number of hydrogen-bond donors (Lipinski definition) is 3. The standard InChI is InChI=1S/C24H24BrN5O3/c25-16-7-3-9-18-21(16)29-22(27-18)17(26)8-2-5-13-4-1-6-14-15(13)12-30(24(14)33)19-10-11-20(31)28-23(19)32/h1,3-4,6-7,9,17,19H,2,5,8,10-12,26H2,(H,27,29)(H,28,31,32). The van der Waals surface area contributed by atoms with Crippen molar-refractivity contribution in [2.75, 3.05) is 0 Å². The summed E-state index contributed by atoms with van der Waals surface area (Å²) in [5.41, 5.74) is 10.9. The molecule has 2 unspecified atom stereocenters. The highest BCUT2D eigenvalue weighted by Crippen LogP contribution is 2.31. The molecule has 4 N–H and O–H groups in total. The van der Waals surface area contributed by atoms with E-state index >= 15 is 0 Å². The van der Waals surface area contributed by atoms with Crippen molar-refractivity contribution in [3.8, 4) is 0 Å². The molecule has 0 bridgehead atoms. The number of nitrogens with two attached hydrogens (primary N) is 1. The van der Waals surface area contributed by atoms with E-state index in [4.69, 9.17) is 5.73 Å². The summed E-state index contributed by atoms with van der Waals surface area (Å²) in [6.07, 6.45) is 2.97. The van der Waals surface area contributed by atoms with E-state index in [1.165, 1.54) is 0 Å². The number of imide groups is 1. The first-order valence-electron chi connectivity index (χ1n) is 11.1. The number of nitrogens with zero attached hydrogens (tertiary/aromatic N) is 2. The van der Waals surface area contributed by atoms with Gasteiger partial charge in [-0.05, 0) is 70.9 Å². The Bertz CT molecular complexity index is 1270. The van der Waals surface area contributed by atoms with Gasteiger partial charge >= 0.3 is 0 Å². The Morgan fingerprint density at radius 1 is 1.18 bits per heavy atom. The van der Waals surface area contributed by atoms with Gasteiger partial charge in [-0.15, -0.1) is 0 Å². The Labute approximate surface area is 199 Å². The molecule has 5 rings (SSSR count). The second kappa shape index (κ2) is 8.72. The zero-order valence-corrected chi connectivity index (χ0v) is 19.5. The third-order valence-corrected chi connectivity index (χ3v) is 7.14. The fourth-order valence-electron chi connectivity index (χ4n) is 4.72. The third kappa shape index (κ3) is 4.06. The number of rotatable bonds is 6. The SMILES string of the molecule is NC(CCCc1cccc2c1CN(C1CCC(=O)NC1=O)C2=O)c1nc2cccc(Br)c2[nH]1. The number of para-hydroxylation sites is 1. The van der Waals surface area contributed by atoms with Gasteiger partial charge in [0.15, 0.2) is 0 Å². The summed E-state index contributed by atoms with van der Waals surface area (Å²) in [7, 11) is 0. The summed E-state index contributed by atoms with van der Waals surface area (Å²) in [6.45, 7) is 0.389. The number of imidazole rings is 1. The molecule has 0 aliphatic carbocycles. The van der Waals surface area contributed by atoms with Crippen LogP contribution in [0.5, 0.6) is 0 Å². The summed E-state index contributed by atoms with van der Waals surface area (Å²) in [5.74, 6) is -0.0630. The van der Waals surface area contributed by atoms with Crippen LogP contribution in [-0.4, -0.2) is 38.6 Å². The molecule has 1 fully saturated rings. The molecular weight excluding hydrogens is 486 g/mol. The smallest absolute Gasteiger partial charge is 0.255 e. The number of carbonyl (C=O) groups excluding carboxylic acids is 3. The first-order chi connectivity index (χ1) is 15.9. The number of fused-ring (bicyclic) bond motifs is 2. The molecule has 2 atom stereocenters. The van der Waals surface area contributed by atoms with Gasteiger partial charge in [-0.3, -0.25) is 19.7 Å². The second-order valence-electron chi connectivity index (χ2n) is 8.60. The van der Waals surface area contributed by atoms with Crippen LogP contribution >= 0.6 is 15.9 Å². The molecule has 3 amide bonds. The Balaban J connectivity index is 1.26. The van der Waals surface area contributed by atoms with Gasteiger partial charge in [0.25, 0.3) is 5.91 Å². The number of hydrogen-bond acceptors (Lipinski definition) is 5. The molecule has 0 radical (unpaired) electrons. The first kappa shape index (κ1) is 21.8. The maximum absolute atomic E-state index is 13.0. The van der Waals surface area contributed by atoms with E-state index in [1.807, 2.05) is 36.4 Å². The van der Waals surface area contributed by atoms with Crippen molar-refractivity contribution >= 4 is 44.7 Å². The highest BCUT2D eigenvalue weighted by atomic mass is 79.9. The van der Waals surface area contributed by atoms with Crippen molar-refractivity contribution in [2.45, 2.75) is 50.7 Å². The fraction of sp³-hybridized carbons (Fsp3) is 0.333. The molecule has 9 heteroatoms. The van der Waals surface area contributed by atoms with E-state index in [0.29, 0.717) is 18.5 Å². The molecule has 0 saturated carbocycles. The maximum Gasteiger partial charge on any atom is 0.255 e. The average Bonchev–Trinajstić information content (AvgIpc) is 3.37. The van der Waals surface area contributed by atoms with Crippen molar-refractivity contribution < 1.29 is 14.4 Å². The number of carbonyl (C=O) groups is 3. The second-order valence-corrected chi connectivity index (χ2v) is 9.45. The Hall–Kier alpha value is -3.04. The van der Waals surface area contributed by atoms with E-state index in [2.05, 4.69) is 31.2 Å². The number of halogens is 1. The number of aromatic nitrogens is 2. The van der Waals surface area contributed by atoms with Gasteiger partial charge in [0.1, 0.15) is 11.9 Å². The van der Waals surface area contributed by atoms with Crippen molar-refractivity contribution in [3.05, 3.63) is 63.4 Å². The number of H-pyrrole nitrogens is 1. The summed E-state index contributed by atoms with van der Waals surface area (Å²) in [6, 6.07) is 10.8. The van der Waals surface area contributed by atoms with E-state index in [9.17, 15) is 14.4 Å². The average molecular weight is 510 g/mol. The molecule has 1 aromatic heterocycles. The van der Waals surface area contributed by atoms with Crippen LogP contribution in [0.15, 0.2) is 40.9 Å². The molecule has 2 aliphatic rings. The number of amides is 3. The van der Waals surface area contributed by atoms with Crippen LogP contribution in [0.4, 0.5) is 0 Å². The lowest BCUT2D eigenvalue weighted by molar-refractivity contribution is -0.136. The highest BCUT2D eigenvalue weighted by Gasteiger charge is 2.39. The predicted molar refractivity (Wildman–Crippen MR) is 126 cm³/mol. The van der Waals surface area contributed by atoms with Gasteiger partial charge in [0.2, 0.25) is 11.8 Å². The zero-order chi connectivity index (χ0) is 23.1. The van der Waals surface area contributed by atoms with Crippen LogP contribution in [0, 0.1) is 0 Å². The maximum atomic E-state index is 13.0. The predicted octanol–water partition coefficient (Wildman–Crippen LogP) is 3.11. The molecule has 2 aliphatic heterocycles. The van der Waals surface area contributed by atoms with Crippen molar-refractivity contribution in [2.24, 2.45) is 5.73 Å². The molecule has 8 nitrogen and oxygen atoms in total. The minimum Gasteiger partial charge on any atom is -0.340 e.